The molecule has 0 aliphatic carbocycles. The predicted octanol–water partition coefficient (Wildman–Crippen LogP) is 1.33. The first-order valence-electron chi connectivity index (χ1n) is 5.93. The number of carbonyl (C=O) groups is 1. The van der Waals surface area contributed by atoms with Crippen molar-refractivity contribution in [3.05, 3.63) is 30.3 Å². The number of nitrogens with one attached hydrogen (secondary N) is 1. The molecule has 0 spiro atoms. The van der Waals surface area contributed by atoms with Gasteiger partial charge in [-0.05, 0) is 19.1 Å². The number of piperazine rings is 1. The van der Waals surface area contributed by atoms with Crippen LogP contribution in [0.1, 0.15) is 13.3 Å². The van der Waals surface area contributed by atoms with Crippen LogP contribution in [0.2, 0.25) is 0 Å². The number of carboxylic acid groups (broad SMARTS) is 1. The van der Waals surface area contributed by atoms with Crippen LogP contribution in [-0.4, -0.2) is 36.2 Å². The maximum absolute atomic E-state index is 10.8. The van der Waals surface area contributed by atoms with Crippen molar-refractivity contribution in [1.82, 2.24) is 5.32 Å². The quantitative estimate of drug-likeness (QED) is 0.828. The number of anilines is 1. The van der Waals surface area contributed by atoms with Gasteiger partial charge in [-0.15, -0.1) is 0 Å². The summed E-state index contributed by atoms with van der Waals surface area (Å²) < 4.78 is 0. The standard InChI is InChI=1S/C13H18N2O2/c1-10-8-15(12-5-3-2-4-6-12)9-11(14-10)7-13(16)17/h2-6,10-11,14H,7-9H2,1H3,(H,16,17)/t10-,11+/m1/s1. The molecule has 17 heavy (non-hydrogen) atoms. The Morgan fingerprint density at radius 1 is 1.41 bits per heavy atom. The molecular weight excluding hydrogens is 216 g/mol. The van der Waals surface area contributed by atoms with Gasteiger partial charge in [-0.3, -0.25) is 4.79 Å². The SMILES string of the molecule is C[C@@H]1CN(c2ccccc2)C[C@H](CC(=O)O)N1. The molecule has 1 aliphatic rings. The Labute approximate surface area is 101 Å². The van der Waals surface area contributed by atoms with Gasteiger partial charge in [0.2, 0.25) is 0 Å². The normalized spacial score (nSPS) is 24.6. The molecule has 0 radical (unpaired) electrons. The van der Waals surface area contributed by atoms with E-state index >= 15 is 0 Å². The highest BCUT2D eigenvalue weighted by Gasteiger charge is 2.25. The van der Waals surface area contributed by atoms with E-state index in [1.54, 1.807) is 0 Å². The molecule has 0 aromatic heterocycles. The first-order valence-corrected chi connectivity index (χ1v) is 5.93. The summed E-state index contributed by atoms with van der Waals surface area (Å²) in [6.45, 7) is 3.75. The Balaban J connectivity index is 2.06. The van der Waals surface area contributed by atoms with Gasteiger partial charge in [0.15, 0.2) is 0 Å². The van der Waals surface area contributed by atoms with Crippen molar-refractivity contribution in [3.8, 4) is 0 Å². The van der Waals surface area contributed by atoms with Crippen LogP contribution in [0, 0.1) is 0 Å². The van der Waals surface area contributed by atoms with Crippen molar-refractivity contribution in [2.75, 3.05) is 18.0 Å². The highest BCUT2D eigenvalue weighted by Crippen LogP contribution is 2.17. The lowest BCUT2D eigenvalue weighted by atomic mass is 10.1. The molecule has 1 heterocycles. The lowest BCUT2D eigenvalue weighted by Gasteiger charge is -2.38. The Morgan fingerprint density at radius 3 is 2.76 bits per heavy atom. The van der Waals surface area contributed by atoms with Crippen LogP contribution in [-0.2, 0) is 4.79 Å². The summed E-state index contributed by atoms with van der Waals surface area (Å²) in [6, 6.07) is 10.5. The Kier molecular flexibility index (Phi) is 3.64. The van der Waals surface area contributed by atoms with Crippen LogP contribution in [0.15, 0.2) is 30.3 Å². The van der Waals surface area contributed by atoms with Crippen molar-refractivity contribution in [2.24, 2.45) is 0 Å². The summed E-state index contributed by atoms with van der Waals surface area (Å²) in [6.07, 6.45) is 0.174. The third-order valence-corrected chi connectivity index (χ3v) is 3.00. The number of carboxylic acids is 1. The van der Waals surface area contributed by atoms with E-state index in [-0.39, 0.29) is 12.5 Å². The van der Waals surface area contributed by atoms with Gasteiger partial charge in [-0.2, -0.15) is 0 Å². The van der Waals surface area contributed by atoms with Gasteiger partial charge in [-0.1, -0.05) is 18.2 Å². The molecule has 2 N–H and O–H groups in total. The van der Waals surface area contributed by atoms with Crippen molar-refractivity contribution in [1.29, 1.82) is 0 Å². The molecule has 4 heteroatoms. The summed E-state index contributed by atoms with van der Waals surface area (Å²) >= 11 is 0. The Bertz CT molecular complexity index is 380. The maximum atomic E-state index is 10.8. The molecule has 0 saturated carbocycles. The zero-order valence-electron chi connectivity index (χ0n) is 9.97. The zero-order chi connectivity index (χ0) is 12.3. The minimum Gasteiger partial charge on any atom is -0.481 e. The maximum Gasteiger partial charge on any atom is 0.304 e. The fraction of sp³-hybridized carbons (Fsp3) is 0.462. The number of benzene rings is 1. The molecule has 2 atom stereocenters. The number of aliphatic carboxylic acids is 1. The van der Waals surface area contributed by atoms with E-state index in [1.165, 1.54) is 0 Å². The third-order valence-electron chi connectivity index (χ3n) is 3.00. The summed E-state index contributed by atoms with van der Waals surface area (Å²) in [5, 5.41) is 12.2. The van der Waals surface area contributed by atoms with Crippen molar-refractivity contribution in [3.63, 3.8) is 0 Å². The first kappa shape index (κ1) is 11.9. The fourth-order valence-corrected chi connectivity index (χ4v) is 2.36. The van der Waals surface area contributed by atoms with Gasteiger partial charge >= 0.3 is 5.97 Å². The average molecular weight is 234 g/mol. The summed E-state index contributed by atoms with van der Waals surface area (Å²) in [5.41, 5.74) is 1.16. The van der Waals surface area contributed by atoms with Gasteiger partial charge in [0.05, 0.1) is 6.42 Å². The minimum absolute atomic E-state index is 0.0245. The second kappa shape index (κ2) is 5.19. The second-order valence-electron chi connectivity index (χ2n) is 4.60. The van der Waals surface area contributed by atoms with Crippen LogP contribution in [0.5, 0.6) is 0 Å². The molecule has 2 rings (SSSR count). The predicted molar refractivity (Wildman–Crippen MR) is 67.3 cm³/mol. The summed E-state index contributed by atoms with van der Waals surface area (Å²) in [5.74, 6) is -0.746. The molecule has 1 aliphatic heterocycles. The average Bonchev–Trinajstić information content (AvgIpc) is 2.28. The Morgan fingerprint density at radius 2 is 2.12 bits per heavy atom. The number of para-hydroxylation sites is 1. The molecule has 1 fully saturated rings. The smallest absolute Gasteiger partial charge is 0.304 e. The van der Waals surface area contributed by atoms with E-state index in [0.29, 0.717) is 6.04 Å². The summed E-state index contributed by atoms with van der Waals surface area (Å²) in [4.78, 5) is 13.0. The van der Waals surface area contributed by atoms with E-state index in [4.69, 9.17) is 5.11 Å². The van der Waals surface area contributed by atoms with Crippen molar-refractivity contribution in [2.45, 2.75) is 25.4 Å². The monoisotopic (exact) mass is 234 g/mol. The first-order chi connectivity index (χ1) is 8.15. The van der Waals surface area contributed by atoms with E-state index < -0.39 is 5.97 Å². The second-order valence-corrected chi connectivity index (χ2v) is 4.60. The number of nitrogens with zero attached hydrogens (tertiary/aromatic N) is 1. The van der Waals surface area contributed by atoms with Crippen LogP contribution in [0.4, 0.5) is 5.69 Å². The van der Waals surface area contributed by atoms with E-state index in [2.05, 4.69) is 29.3 Å². The van der Waals surface area contributed by atoms with E-state index in [1.807, 2.05) is 18.2 Å². The number of rotatable bonds is 3. The lowest BCUT2D eigenvalue weighted by molar-refractivity contribution is -0.137. The third kappa shape index (κ3) is 3.20. The fourth-order valence-electron chi connectivity index (χ4n) is 2.36. The van der Waals surface area contributed by atoms with Crippen molar-refractivity contribution < 1.29 is 9.90 Å². The number of hydrogen-bond acceptors (Lipinski definition) is 3. The van der Waals surface area contributed by atoms with Gasteiger partial charge < -0.3 is 15.3 Å². The molecule has 0 bridgehead atoms. The molecule has 1 aromatic carbocycles. The van der Waals surface area contributed by atoms with E-state index in [0.717, 1.165) is 18.8 Å². The summed E-state index contributed by atoms with van der Waals surface area (Å²) in [7, 11) is 0. The molecule has 1 saturated heterocycles. The van der Waals surface area contributed by atoms with Crippen molar-refractivity contribution >= 4 is 11.7 Å². The van der Waals surface area contributed by atoms with Gasteiger partial charge in [-0.25, -0.2) is 0 Å². The lowest BCUT2D eigenvalue weighted by Crippen LogP contribution is -2.56. The zero-order valence-corrected chi connectivity index (χ0v) is 9.97. The molecular formula is C13H18N2O2. The molecule has 0 unspecified atom stereocenters. The van der Waals surface area contributed by atoms with Crippen LogP contribution < -0.4 is 10.2 Å². The highest BCUT2D eigenvalue weighted by molar-refractivity contribution is 5.67. The highest BCUT2D eigenvalue weighted by atomic mass is 16.4. The van der Waals surface area contributed by atoms with Crippen LogP contribution in [0.3, 0.4) is 0 Å². The largest absolute Gasteiger partial charge is 0.481 e. The van der Waals surface area contributed by atoms with Gasteiger partial charge in [0, 0.05) is 30.9 Å². The molecule has 4 nitrogen and oxygen atoms in total. The topological polar surface area (TPSA) is 52.6 Å². The minimum atomic E-state index is -0.746. The van der Waals surface area contributed by atoms with Crippen LogP contribution >= 0.6 is 0 Å². The van der Waals surface area contributed by atoms with Gasteiger partial charge in [0.25, 0.3) is 0 Å². The van der Waals surface area contributed by atoms with Crippen LogP contribution in [0.25, 0.3) is 0 Å². The van der Waals surface area contributed by atoms with E-state index in [9.17, 15) is 4.79 Å². The molecule has 0 amide bonds. The molecule has 1 aromatic rings. The number of hydrogen-bond donors (Lipinski definition) is 2. The van der Waals surface area contributed by atoms with Gasteiger partial charge in [0.1, 0.15) is 0 Å². The molecule has 92 valence electrons. The Hall–Kier alpha value is -1.55.